The van der Waals surface area contributed by atoms with Crippen LogP contribution in [-0.4, -0.2) is 22.6 Å². The lowest BCUT2D eigenvalue weighted by Crippen LogP contribution is -2.11. The minimum Gasteiger partial charge on any atom is -0.396 e. The molecule has 1 amide bonds. The molecule has 2 aromatic carbocycles. The number of carbonyl (C=O) groups excluding carboxylic acids is 1. The summed E-state index contributed by atoms with van der Waals surface area (Å²) in [5.41, 5.74) is 2.73. The van der Waals surface area contributed by atoms with Crippen molar-refractivity contribution in [2.24, 2.45) is 0 Å². The summed E-state index contributed by atoms with van der Waals surface area (Å²) in [5.74, 6) is -0.603. The van der Waals surface area contributed by atoms with E-state index >= 15 is 0 Å². The van der Waals surface area contributed by atoms with Gasteiger partial charge in [0.05, 0.1) is 5.56 Å². The minimum atomic E-state index is -0.346. The number of aliphatic hydroxyl groups excluding tert-OH is 1. The Bertz CT molecular complexity index is 809. The Labute approximate surface area is 126 Å². The van der Waals surface area contributed by atoms with Crippen LogP contribution in [0.3, 0.4) is 0 Å². The van der Waals surface area contributed by atoms with Gasteiger partial charge in [0.15, 0.2) is 0 Å². The maximum absolute atomic E-state index is 13.2. The van der Waals surface area contributed by atoms with Gasteiger partial charge in [-0.05, 0) is 42.3 Å². The minimum absolute atomic E-state index is 0.0948. The molecule has 3 aromatic rings. The van der Waals surface area contributed by atoms with Crippen molar-refractivity contribution in [3.63, 3.8) is 0 Å². The number of hydrogen-bond donors (Lipinski definition) is 3. The molecule has 5 heteroatoms. The molecule has 0 atom stereocenters. The van der Waals surface area contributed by atoms with Crippen LogP contribution in [0.1, 0.15) is 15.9 Å². The second kappa shape index (κ2) is 5.99. The highest BCUT2D eigenvalue weighted by Gasteiger charge is 2.12. The average molecular weight is 298 g/mol. The van der Waals surface area contributed by atoms with Crippen LogP contribution >= 0.6 is 0 Å². The topological polar surface area (TPSA) is 65.1 Å². The fraction of sp³-hybridized carbons (Fsp3) is 0.118. The maximum Gasteiger partial charge on any atom is 0.257 e. The van der Waals surface area contributed by atoms with Gasteiger partial charge in [-0.1, -0.05) is 12.1 Å². The van der Waals surface area contributed by atoms with E-state index in [-0.39, 0.29) is 18.3 Å². The second-order valence-corrected chi connectivity index (χ2v) is 5.02. The van der Waals surface area contributed by atoms with Gasteiger partial charge < -0.3 is 15.4 Å². The highest BCUT2D eigenvalue weighted by molar-refractivity contribution is 6.12. The van der Waals surface area contributed by atoms with Gasteiger partial charge in [-0.3, -0.25) is 4.79 Å². The number of anilines is 1. The van der Waals surface area contributed by atoms with Gasteiger partial charge >= 0.3 is 0 Å². The first-order valence-corrected chi connectivity index (χ1v) is 6.95. The zero-order chi connectivity index (χ0) is 15.5. The molecule has 22 heavy (non-hydrogen) atoms. The van der Waals surface area contributed by atoms with Crippen LogP contribution in [0.15, 0.2) is 48.7 Å². The average Bonchev–Trinajstić information content (AvgIpc) is 2.92. The lowest BCUT2D eigenvalue weighted by Gasteiger charge is -2.05. The Morgan fingerprint density at radius 3 is 2.68 bits per heavy atom. The summed E-state index contributed by atoms with van der Waals surface area (Å²) in [5, 5.41) is 12.4. The molecule has 0 saturated carbocycles. The standard InChI is InChI=1S/C17H15FN2O2/c18-12-3-6-14-15(10-19-16(14)9-12)17(22)20-13-4-1-11(2-5-13)7-8-21/h1-6,9-10,19,21H,7-8H2,(H,20,22). The van der Waals surface area contributed by atoms with Gasteiger partial charge in [0, 0.05) is 29.4 Å². The lowest BCUT2D eigenvalue weighted by molar-refractivity contribution is 0.102. The normalized spacial score (nSPS) is 10.8. The largest absolute Gasteiger partial charge is 0.396 e. The van der Waals surface area contributed by atoms with Crippen LogP contribution in [0.4, 0.5) is 10.1 Å². The van der Waals surface area contributed by atoms with Crippen LogP contribution in [0.5, 0.6) is 0 Å². The van der Waals surface area contributed by atoms with E-state index in [2.05, 4.69) is 10.3 Å². The first-order valence-electron chi connectivity index (χ1n) is 6.95. The van der Waals surface area contributed by atoms with Crippen molar-refractivity contribution in [2.75, 3.05) is 11.9 Å². The molecule has 1 heterocycles. The van der Waals surface area contributed by atoms with Gasteiger partial charge in [0.1, 0.15) is 5.82 Å². The molecule has 3 rings (SSSR count). The van der Waals surface area contributed by atoms with Gasteiger partial charge in [-0.2, -0.15) is 0 Å². The van der Waals surface area contributed by atoms with E-state index in [1.165, 1.54) is 12.1 Å². The highest BCUT2D eigenvalue weighted by Crippen LogP contribution is 2.20. The summed E-state index contributed by atoms with van der Waals surface area (Å²) >= 11 is 0. The van der Waals surface area contributed by atoms with Crippen molar-refractivity contribution in [1.82, 2.24) is 4.98 Å². The third-order valence-electron chi connectivity index (χ3n) is 3.50. The number of aliphatic hydroxyl groups is 1. The van der Waals surface area contributed by atoms with Crippen LogP contribution in [0.25, 0.3) is 10.9 Å². The first-order chi connectivity index (χ1) is 10.7. The maximum atomic E-state index is 13.2. The molecule has 3 N–H and O–H groups in total. The molecule has 112 valence electrons. The predicted molar refractivity (Wildman–Crippen MR) is 83.4 cm³/mol. The third kappa shape index (κ3) is 2.84. The van der Waals surface area contributed by atoms with Crippen LogP contribution < -0.4 is 5.32 Å². The number of aromatic nitrogens is 1. The van der Waals surface area contributed by atoms with Crippen molar-refractivity contribution in [3.8, 4) is 0 Å². The van der Waals surface area contributed by atoms with Gasteiger partial charge in [0.2, 0.25) is 0 Å². The Balaban J connectivity index is 1.81. The summed E-state index contributed by atoms with van der Waals surface area (Å²) in [6.07, 6.45) is 2.15. The summed E-state index contributed by atoms with van der Waals surface area (Å²) in [6.45, 7) is 0.0948. The van der Waals surface area contributed by atoms with Crippen LogP contribution in [0, 0.1) is 5.82 Å². The molecule has 1 aromatic heterocycles. The number of hydrogen-bond acceptors (Lipinski definition) is 2. The molecule has 0 aliphatic carbocycles. The Hall–Kier alpha value is -2.66. The number of fused-ring (bicyclic) bond motifs is 1. The van der Waals surface area contributed by atoms with Crippen molar-refractivity contribution >= 4 is 22.5 Å². The van der Waals surface area contributed by atoms with Gasteiger partial charge in [-0.25, -0.2) is 4.39 Å². The van der Waals surface area contributed by atoms with E-state index in [9.17, 15) is 9.18 Å². The van der Waals surface area contributed by atoms with Crippen molar-refractivity contribution in [2.45, 2.75) is 6.42 Å². The number of rotatable bonds is 4. The number of amides is 1. The highest BCUT2D eigenvalue weighted by atomic mass is 19.1. The summed E-state index contributed by atoms with van der Waals surface area (Å²) in [7, 11) is 0. The van der Waals surface area contributed by atoms with Gasteiger partial charge in [0.25, 0.3) is 5.91 Å². The molecular formula is C17H15FN2O2. The molecule has 0 saturated heterocycles. The lowest BCUT2D eigenvalue weighted by atomic mass is 10.1. The molecule has 0 spiro atoms. The monoisotopic (exact) mass is 298 g/mol. The number of carbonyl (C=O) groups is 1. The van der Waals surface area contributed by atoms with E-state index in [1.54, 1.807) is 24.4 Å². The summed E-state index contributed by atoms with van der Waals surface area (Å²) < 4.78 is 13.2. The van der Waals surface area contributed by atoms with Crippen LogP contribution in [0.2, 0.25) is 0 Å². The van der Waals surface area contributed by atoms with Crippen LogP contribution in [-0.2, 0) is 6.42 Å². The zero-order valence-electron chi connectivity index (χ0n) is 11.8. The molecule has 0 unspecified atom stereocenters. The van der Waals surface area contributed by atoms with Crippen molar-refractivity contribution in [1.29, 1.82) is 0 Å². The zero-order valence-corrected chi connectivity index (χ0v) is 11.8. The third-order valence-corrected chi connectivity index (χ3v) is 3.50. The SMILES string of the molecule is O=C(Nc1ccc(CCO)cc1)c1c[nH]c2cc(F)ccc12. The van der Waals surface area contributed by atoms with E-state index < -0.39 is 0 Å². The molecule has 0 aliphatic rings. The number of H-pyrrole nitrogens is 1. The first kappa shape index (κ1) is 14.3. The fourth-order valence-corrected chi connectivity index (χ4v) is 2.37. The predicted octanol–water partition coefficient (Wildman–Crippen LogP) is 3.09. The summed E-state index contributed by atoms with van der Waals surface area (Å²) in [4.78, 5) is 15.2. The molecule has 0 aliphatic heterocycles. The fourth-order valence-electron chi connectivity index (χ4n) is 2.37. The number of halogens is 1. The number of nitrogens with one attached hydrogen (secondary N) is 2. The number of aromatic amines is 1. The molecule has 0 fully saturated rings. The number of benzene rings is 2. The smallest absolute Gasteiger partial charge is 0.257 e. The molecule has 0 bridgehead atoms. The molecular weight excluding hydrogens is 283 g/mol. The summed E-state index contributed by atoms with van der Waals surface area (Å²) in [6, 6.07) is 11.6. The van der Waals surface area contributed by atoms with Crippen molar-refractivity contribution < 1.29 is 14.3 Å². The molecule has 0 radical (unpaired) electrons. The molecule has 4 nitrogen and oxygen atoms in total. The van der Waals surface area contributed by atoms with E-state index in [1.807, 2.05) is 12.1 Å². The van der Waals surface area contributed by atoms with E-state index in [0.717, 1.165) is 5.56 Å². The second-order valence-electron chi connectivity index (χ2n) is 5.02. The Morgan fingerprint density at radius 1 is 1.18 bits per heavy atom. The quantitative estimate of drug-likeness (QED) is 0.693. The van der Waals surface area contributed by atoms with E-state index in [0.29, 0.717) is 28.6 Å². The van der Waals surface area contributed by atoms with E-state index in [4.69, 9.17) is 5.11 Å². The Morgan fingerprint density at radius 2 is 1.95 bits per heavy atom. The van der Waals surface area contributed by atoms with Crippen molar-refractivity contribution in [3.05, 3.63) is 65.6 Å². The Kier molecular flexibility index (Phi) is 3.89. The van der Waals surface area contributed by atoms with Gasteiger partial charge in [-0.15, -0.1) is 0 Å².